The van der Waals surface area contributed by atoms with Crippen LogP contribution in [0.5, 0.6) is 0 Å². The zero-order valence-electron chi connectivity index (χ0n) is 16.5. The van der Waals surface area contributed by atoms with E-state index in [9.17, 15) is 9.59 Å². The Kier molecular flexibility index (Phi) is 5.26. The van der Waals surface area contributed by atoms with Gasteiger partial charge in [-0.1, -0.05) is 24.3 Å². The maximum absolute atomic E-state index is 12.7. The van der Waals surface area contributed by atoms with Crippen LogP contribution in [0, 0.1) is 0 Å². The summed E-state index contributed by atoms with van der Waals surface area (Å²) in [6.45, 7) is 0.540. The van der Waals surface area contributed by atoms with E-state index in [4.69, 9.17) is 5.73 Å². The van der Waals surface area contributed by atoms with Crippen LogP contribution >= 0.6 is 0 Å². The standard InChI is InChI=1S/C23H21N5O2/c1-27(23(30)17-7-3-2-4-8-17)18-9-10-20-19(14-18)26-22(21(24)29)28(20)13-11-16-6-5-12-25-15-16/h2-10,12,14-15H,11,13H2,1H3,(H2,24,29). The van der Waals surface area contributed by atoms with Gasteiger partial charge >= 0.3 is 0 Å². The Hall–Kier alpha value is -4.00. The Morgan fingerprint density at radius 3 is 2.57 bits per heavy atom. The van der Waals surface area contributed by atoms with Gasteiger partial charge in [-0.25, -0.2) is 4.98 Å². The first-order valence-electron chi connectivity index (χ1n) is 9.56. The van der Waals surface area contributed by atoms with Gasteiger partial charge in [-0.05, 0) is 48.4 Å². The van der Waals surface area contributed by atoms with E-state index in [1.54, 1.807) is 42.5 Å². The maximum Gasteiger partial charge on any atom is 0.284 e. The summed E-state index contributed by atoms with van der Waals surface area (Å²) in [5, 5.41) is 0. The van der Waals surface area contributed by atoms with E-state index in [1.165, 1.54) is 0 Å². The topological polar surface area (TPSA) is 94.1 Å². The number of aromatic nitrogens is 3. The molecule has 2 N–H and O–H groups in total. The van der Waals surface area contributed by atoms with Gasteiger partial charge in [-0.3, -0.25) is 14.6 Å². The minimum absolute atomic E-state index is 0.124. The zero-order valence-corrected chi connectivity index (χ0v) is 16.5. The number of nitrogens with two attached hydrogens (primary N) is 1. The molecule has 7 heteroatoms. The van der Waals surface area contributed by atoms with Gasteiger partial charge in [0.2, 0.25) is 0 Å². The minimum atomic E-state index is -0.590. The molecule has 0 atom stereocenters. The van der Waals surface area contributed by atoms with E-state index in [1.807, 2.05) is 47.0 Å². The first-order chi connectivity index (χ1) is 14.5. The van der Waals surface area contributed by atoms with Crippen LogP contribution in [0.2, 0.25) is 0 Å². The molecule has 0 aliphatic heterocycles. The number of hydrogen-bond donors (Lipinski definition) is 1. The molecule has 0 saturated heterocycles. The molecule has 0 saturated carbocycles. The number of nitrogens with zero attached hydrogens (tertiary/aromatic N) is 4. The summed E-state index contributed by atoms with van der Waals surface area (Å²) in [5.74, 6) is -0.517. The molecular weight excluding hydrogens is 378 g/mol. The van der Waals surface area contributed by atoms with Crippen molar-refractivity contribution in [3.8, 4) is 0 Å². The summed E-state index contributed by atoms with van der Waals surface area (Å²) in [7, 11) is 1.71. The lowest BCUT2D eigenvalue weighted by Crippen LogP contribution is -2.26. The fraction of sp³-hybridized carbons (Fsp3) is 0.130. The molecule has 7 nitrogen and oxygen atoms in total. The fourth-order valence-corrected chi connectivity index (χ4v) is 3.42. The van der Waals surface area contributed by atoms with Gasteiger partial charge in [0.15, 0.2) is 5.82 Å². The van der Waals surface area contributed by atoms with Crippen molar-refractivity contribution in [3.05, 3.63) is 90.0 Å². The van der Waals surface area contributed by atoms with E-state index in [0.717, 1.165) is 11.1 Å². The predicted octanol–water partition coefficient (Wildman–Crippen LogP) is 3.05. The lowest BCUT2D eigenvalue weighted by Gasteiger charge is -2.17. The molecule has 0 spiro atoms. The molecule has 2 aromatic heterocycles. The number of primary amides is 1. The number of rotatable bonds is 6. The number of carbonyl (C=O) groups excluding carboxylic acids is 2. The zero-order chi connectivity index (χ0) is 21.1. The smallest absolute Gasteiger partial charge is 0.284 e. The molecule has 0 unspecified atom stereocenters. The van der Waals surface area contributed by atoms with Gasteiger partial charge in [-0.2, -0.15) is 0 Å². The van der Waals surface area contributed by atoms with Gasteiger partial charge in [0, 0.05) is 37.2 Å². The lowest BCUT2D eigenvalue weighted by molar-refractivity contribution is 0.0981. The Balaban J connectivity index is 1.66. The summed E-state index contributed by atoms with van der Waals surface area (Å²) in [4.78, 5) is 34.8. The average molecular weight is 399 g/mol. The fourth-order valence-electron chi connectivity index (χ4n) is 3.42. The van der Waals surface area contributed by atoms with Crippen molar-refractivity contribution in [2.75, 3.05) is 11.9 Å². The van der Waals surface area contributed by atoms with Crippen molar-refractivity contribution in [2.24, 2.45) is 5.73 Å². The van der Waals surface area contributed by atoms with Crippen LogP contribution in [0.3, 0.4) is 0 Å². The highest BCUT2D eigenvalue weighted by Crippen LogP contribution is 2.24. The lowest BCUT2D eigenvalue weighted by atomic mass is 10.2. The molecular formula is C23H21N5O2. The largest absolute Gasteiger partial charge is 0.363 e. The Bertz CT molecular complexity index is 1200. The molecule has 0 radical (unpaired) electrons. The second-order valence-electron chi connectivity index (χ2n) is 6.97. The molecule has 2 heterocycles. The minimum Gasteiger partial charge on any atom is -0.363 e. The van der Waals surface area contributed by atoms with Crippen molar-refractivity contribution >= 4 is 28.5 Å². The third-order valence-electron chi connectivity index (χ3n) is 5.01. The first-order valence-corrected chi connectivity index (χ1v) is 9.56. The highest BCUT2D eigenvalue weighted by atomic mass is 16.2. The predicted molar refractivity (Wildman–Crippen MR) is 115 cm³/mol. The summed E-state index contributed by atoms with van der Waals surface area (Å²) < 4.78 is 1.81. The molecule has 0 bridgehead atoms. The van der Waals surface area contributed by atoms with E-state index in [-0.39, 0.29) is 11.7 Å². The highest BCUT2D eigenvalue weighted by molar-refractivity contribution is 6.06. The Morgan fingerprint density at radius 2 is 1.87 bits per heavy atom. The van der Waals surface area contributed by atoms with Crippen LogP contribution in [0.4, 0.5) is 5.69 Å². The summed E-state index contributed by atoms with van der Waals surface area (Å²) in [6.07, 6.45) is 4.21. The Labute approximate surface area is 173 Å². The van der Waals surface area contributed by atoms with Crippen molar-refractivity contribution in [1.29, 1.82) is 0 Å². The number of pyridine rings is 1. The number of hydrogen-bond acceptors (Lipinski definition) is 4. The molecule has 2 amide bonds. The molecule has 0 fully saturated rings. The van der Waals surface area contributed by atoms with Gasteiger partial charge in [0.05, 0.1) is 11.0 Å². The van der Waals surface area contributed by atoms with Crippen LogP contribution in [-0.4, -0.2) is 33.4 Å². The summed E-state index contributed by atoms with van der Waals surface area (Å²) >= 11 is 0. The monoisotopic (exact) mass is 399 g/mol. The molecule has 0 aliphatic rings. The van der Waals surface area contributed by atoms with E-state index in [2.05, 4.69) is 9.97 Å². The number of anilines is 1. The average Bonchev–Trinajstić information content (AvgIpc) is 3.16. The van der Waals surface area contributed by atoms with Crippen molar-refractivity contribution in [1.82, 2.24) is 14.5 Å². The highest BCUT2D eigenvalue weighted by Gasteiger charge is 2.18. The normalized spacial score (nSPS) is 10.8. The second kappa shape index (κ2) is 8.16. The molecule has 0 aliphatic carbocycles. The number of benzene rings is 2. The molecule has 2 aromatic carbocycles. The van der Waals surface area contributed by atoms with Crippen LogP contribution in [0.25, 0.3) is 11.0 Å². The number of carbonyl (C=O) groups is 2. The SMILES string of the molecule is CN(C(=O)c1ccccc1)c1ccc2c(c1)nc(C(N)=O)n2CCc1cccnc1. The number of amides is 2. The van der Waals surface area contributed by atoms with Crippen LogP contribution in [0.1, 0.15) is 26.5 Å². The van der Waals surface area contributed by atoms with Crippen LogP contribution in [-0.2, 0) is 13.0 Å². The van der Waals surface area contributed by atoms with Gasteiger partial charge < -0.3 is 15.2 Å². The quantitative estimate of drug-likeness (QED) is 0.539. The van der Waals surface area contributed by atoms with Crippen LogP contribution in [0.15, 0.2) is 73.1 Å². The Morgan fingerprint density at radius 1 is 1.07 bits per heavy atom. The van der Waals surface area contributed by atoms with Gasteiger partial charge in [0.25, 0.3) is 11.8 Å². The van der Waals surface area contributed by atoms with E-state index in [0.29, 0.717) is 29.7 Å². The molecule has 4 rings (SSSR count). The van der Waals surface area contributed by atoms with Crippen molar-refractivity contribution < 1.29 is 9.59 Å². The number of aryl methyl sites for hydroxylation is 2. The molecule has 4 aromatic rings. The first kappa shape index (κ1) is 19.3. The number of imidazole rings is 1. The maximum atomic E-state index is 12.7. The molecule has 150 valence electrons. The van der Waals surface area contributed by atoms with E-state index >= 15 is 0 Å². The van der Waals surface area contributed by atoms with Crippen LogP contribution < -0.4 is 10.6 Å². The van der Waals surface area contributed by atoms with E-state index < -0.39 is 5.91 Å². The molecule has 30 heavy (non-hydrogen) atoms. The van der Waals surface area contributed by atoms with Crippen molar-refractivity contribution in [3.63, 3.8) is 0 Å². The van der Waals surface area contributed by atoms with Crippen molar-refractivity contribution in [2.45, 2.75) is 13.0 Å². The third-order valence-corrected chi connectivity index (χ3v) is 5.01. The summed E-state index contributed by atoms with van der Waals surface area (Å²) in [6, 6.07) is 18.4. The third kappa shape index (κ3) is 3.77. The second-order valence-corrected chi connectivity index (χ2v) is 6.97. The van der Waals surface area contributed by atoms with Gasteiger partial charge in [-0.15, -0.1) is 0 Å². The van der Waals surface area contributed by atoms with Gasteiger partial charge in [0.1, 0.15) is 0 Å². The summed E-state index contributed by atoms with van der Waals surface area (Å²) in [5.41, 5.74) is 9.31. The number of fused-ring (bicyclic) bond motifs is 1.